The second-order valence-corrected chi connectivity index (χ2v) is 8.86. The van der Waals surface area contributed by atoms with Crippen molar-refractivity contribution < 1.29 is 4.74 Å². The Morgan fingerprint density at radius 2 is 2.07 bits per heavy atom. The van der Waals surface area contributed by atoms with Gasteiger partial charge < -0.3 is 10.1 Å². The number of fused-ring (bicyclic) bond motifs is 1. The number of anilines is 2. The molecule has 2 aromatic heterocycles. The number of rotatable bonds is 7. The molecule has 4 aromatic rings. The predicted octanol–water partition coefficient (Wildman–Crippen LogP) is 5.84. The molecule has 0 fully saturated rings. The first-order valence-electron chi connectivity index (χ1n) is 8.71. The number of H-pyrrole nitrogens is 1. The van der Waals surface area contributed by atoms with Crippen LogP contribution in [0.15, 0.2) is 58.9 Å². The van der Waals surface area contributed by atoms with Gasteiger partial charge in [0, 0.05) is 27.1 Å². The number of aromatic nitrogens is 3. The standard InChI is InChI=1S/C20H20N4OS2/c1-13(2)27-15-10-16-18(23-24-19(16)22-20-21-8-9-26-20)17(11-15)25-12-14-6-4-3-5-7-14/h3-11,13H,12H2,1-2H3,(H2,21,22,23,24). The van der Waals surface area contributed by atoms with Gasteiger partial charge in [0.25, 0.3) is 0 Å². The van der Waals surface area contributed by atoms with E-state index in [9.17, 15) is 0 Å². The van der Waals surface area contributed by atoms with E-state index in [0.717, 1.165) is 38.1 Å². The first-order chi connectivity index (χ1) is 13.2. The molecule has 0 aliphatic rings. The minimum Gasteiger partial charge on any atom is -0.487 e. The molecule has 138 valence electrons. The number of nitrogens with one attached hydrogen (secondary N) is 2. The lowest BCUT2D eigenvalue weighted by atomic mass is 10.2. The first kappa shape index (κ1) is 17.9. The number of thiazole rings is 1. The van der Waals surface area contributed by atoms with Gasteiger partial charge in [0.1, 0.15) is 17.9 Å². The highest BCUT2D eigenvalue weighted by atomic mass is 32.2. The summed E-state index contributed by atoms with van der Waals surface area (Å²) in [4.78, 5) is 5.44. The van der Waals surface area contributed by atoms with Crippen molar-refractivity contribution >= 4 is 45.0 Å². The lowest BCUT2D eigenvalue weighted by Gasteiger charge is -2.11. The molecular formula is C20H20N4OS2. The molecular weight excluding hydrogens is 376 g/mol. The molecule has 7 heteroatoms. The van der Waals surface area contributed by atoms with Crippen LogP contribution in [0.25, 0.3) is 10.9 Å². The molecule has 0 saturated carbocycles. The predicted molar refractivity (Wildman–Crippen MR) is 113 cm³/mol. The van der Waals surface area contributed by atoms with Gasteiger partial charge in [0.05, 0.1) is 0 Å². The van der Waals surface area contributed by atoms with Gasteiger partial charge in [-0.3, -0.25) is 5.10 Å². The van der Waals surface area contributed by atoms with Crippen molar-refractivity contribution in [3.63, 3.8) is 0 Å². The maximum Gasteiger partial charge on any atom is 0.188 e. The third-order valence-corrected chi connectivity index (χ3v) is 5.54. The fourth-order valence-electron chi connectivity index (χ4n) is 2.74. The Hall–Kier alpha value is -2.51. The van der Waals surface area contributed by atoms with E-state index in [1.165, 1.54) is 0 Å². The Balaban J connectivity index is 1.68. The van der Waals surface area contributed by atoms with Gasteiger partial charge >= 0.3 is 0 Å². The van der Waals surface area contributed by atoms with Crippen LogP contribution < -0.4 is 10.1 Å². The second-order valence-electron chi connectivity index (χ2n) is 6.32. The maximum atomic E-state index is 6.15. The average Bonchev–Trinajstić information content (AvgIpc) is 3.31. The van der Waals surface area contributed by atoms with Crippen LogP contribution >= 0.6 is 23.1 Å². The molecule has 0 saturated heterocycles. The minimum absolute atomic E-state index is 0.478. The molecule has 27 heavy (non-hydrogen) atoms. The highest BCUT2D eigenvalue weighted by Gasteiger charge is 2.15. The zero-order valence-corrected chi connectivity index (χ0v) is 16.7. The largest absolute Gasteiger partial charge is 0.487 e. The topological polar surface area (TPSA) is 62.8 Å². The van der Waals surface area contributed by atoms with Crippen molar-refractivity contribution in [2.24, 2.45) is 0 Å². The van der Waals surface area contributed by atoms with E-state index in [4.69, 9.17) is 4.74 Å². The number of benzene rings is 2. The van der Waals surface area contributed by atoms with Crippen LogP contribution in [-0.2, 0) is 6.61 Å². The van der Waals surface area contributed by atoms with Crippen molar-refractivity contribution in [3.8, 4) is 5.75 Å². The Labute approximate surface area is 166 Å². The van der Waals surface area contributed by atoms with E-state index in [2.05, 4.69) is 58.6 Å². The normalized spacial score (nSPS) is 11.2. The highest BCUT2D eigenvalue weighted by molar-refractivity contribution is 7.99. The monoisotopic (exact) mass is 396 g/mol. The molecule has 2 heterocycles. The van der Waals surface area contributed by atoms with E-state index in [1.54, 1.807) is 29.3 Å². The van der Waals surface area contributed by atoms with Gasteiger partial charge in [0.15, 0.2) is 10.9 Å². The van der Waals surface area contributed by atoms with Crippen LogP contribution in [0, 0.1) is 0 Å². The van der Waals surface area contributed by atoms with Gasteiger partial charge in [-0.05, 0) is 17.7 Å². The molecule has 2 aromatic carbocycles. The Kier molecular flexibility index (Phi) is 5.31. The summed E-state index contributed by atoms with van der Waals surface area (Å²) < 4.78 is 6.15. The van der Waals surface area contributed by atoms with Gasteiger partial charge in [-0.25, -0.2) is 4.98 Å². The molecule has 0 bridgehead atoms. The Bertz CT molecular complexity index is 1010. The van der Waals surface area contributed by atoms with Gasteiger partial charge in [-0.1, -0.05) is 44.2 Å². The summed E-state index contributed by atoms with van der Waals surface area (Å²) in [6.07, 6.45) is 1.77. The number of thioether (sulfide) groups is 1. The van der Waals surface area contributed by atoms with Crippen LogP contribution in [-0.4, -0.2) is 20.4 Å². The van der Waals surface area contributed by atoms with Gasteiger partial charge in [-0.2, -0.15) is 5.10 Å². The third kappa shape index (κ3) is 4.26. The van der Waals surface area contributed by atoms with Crippen molar-refractivity contribution in [1.29, 1.82) is 0 Å². The van der Waals surface area contributed by atoms with Crippen molar-refractivity contribution in [1.82, 2.24) is 15.2 Å². The van der Waals surface area contributed by atoms with E-state index >= 15 is 0 Å². The number of ether oxygens (including phenoxy) is 1. The van der Waals surface area contributed by atoms with Crippen LogP contribution in [0.4, 0.5) is 10.9 Å². The molecule has 0 aliphatic carbocycles. The third-order valence-electron chi connectivity index (χ3n) is 3.88. The van der Waals surface area contributed by atoms with E-state index in [-0.39, 0.29) is 0 Å². The minimum atomic E-state index is 0.478. The lowest BCUT2D eigenvalue weighted by molar-refractivity contribution is 0.308. The number of aromatic amines is 1. The highest BCUT2D eigenvalue weighted by Crippen LogP contribution is 2.37. The zero-order chi connectivity index (χ0) is 18.6. The van der Waals surface area contributed by atoms with E-state index in [0.29, 0.717) is 11.9 Å². The van der Waals surface area contributed by atoms with Crippen molar-refractivity contribution in [3.05, 3.63) is 59.6 Å². The zero-order valence-electron chi connectivity index (χ0n) is 15.1. The fraction of sp³-hybridized carbons (Fsp3) is 0.200. The van der Waals surface area contributed by atoms with E-state index < -0.39 is 0 Å². The SMILES string of the molecule is CC(C)Sc1cc(OCc2ccccc2)c2[nH]nc(Nc3nccs3)c2c1. The number of nitrogens with zero attached hydrogens (tertiary/aromatic N) is 2. The molecule has 0 atom stereocenters. The molecule has 2 N–H and O–H groups in total. The van der Waals surface area contributed by atoms with Crippen molar-refractivity contribution in [2.45, 2.75) is 30.6 Å². The molecule has 0 unspecified atom stereocenters. The molecule has 0 aliphatic heterocycles. The maximum absolute atomic E-state index is 6.15. The molecule has 0 radical (unpaired) electrons. The van der Waals surface area contributed by atoms with Crippen molar-refractivity contribution in [2.75, 3.05) is 5.32 Å². The lowest BCUT2D eigenvalue weighted by Crippen LogP contribution is -1.97. The summed E-state index contributed by atoms with van der Waals surface area (Å²) in [5, 5.41) is 15.1. The smallest absolute Gasteiger partial charge is 0.188 e. The Morgan fingerprint density at radius 3 is 2.81 bits per heavy atom. The fourth-order valence-corrected chi connectivity index (χ4v) is 4.17. The summed E-state index contributed by atoms with van der Waals surface area (Å²) in [6, 6.07) is 14.4. The summed E-state index contributed by atoms with van der Waals surface area (Å²) in [5.74, 6) is 1.56. The van der Waals surface area contributed by atoms with Crippen LogP contribution in [0.1, 0.15) is 19.4 Å². The molecule has 0 spiro atoms. The average molecular weight is 397 g/mol. The molecule has 4 rings (SSSR count). The van der Waals surface area contributed by atoms with Crippen LogP contribution in [0.2, 0.25) is 0 Å². The summed E-state index contributed by atoms with van der Waals surface area (Å²) in [7, 11) is 0. The van der Waals surface area contributed by atoms with Gasteiger partial charge in [-0.15, -0.1) is 23.1 Å². The van der Waals surface area contributed by atoms with Crippen LogP contribution in [0.5, 0.6) is 5.75 Å². The molecule has 0 amide bonds. The summed E-state index contributed by atoms with van der Waals surface area (Å²) in [6.45, 7) is 4.88. The second kappa shape index (κ2) is 8.02. The van der Waals surface area contributed by atoms with E-state index in [1.807, 2.05) is 23.6 Å². The Morgan fingerprint density at radius 1 is 1.22 bits per heavy atom. The number of hydrogen-bond acceptors (Lipinski definition) is 6. The molecule has 5 nitrogen and oxygen atoms in total. The van der Waals surface area contributed by atoms with Gasteiger partial charge in [0.2, 0.25) is 0 Å². The summed E-state index contributed by atoms with van der Waals surface area (Å²) >= 11 is 3.35. The summed E-state index contributed by atoms with van der Waals surface area (Å²) in [5.41, 5.74) is 2.02. The quantitative estimate of drug-likeness (QED) is 0.384. The number of hydrogen-bond donors (Lipinski definition) is 2. The van der Waals surface area contributed by atoms with Crippen LogP contribution in [0.3, 0.4) is 0 Å². The first-order valence-corrected chi connectivity index (χ1v) is 10.5.